The van der Waals surface area contributed by atoms with Gasteiger partial charge in [-0.25, -0.2) is 0 Å². The van der Waals surface area contributed by atoms with Gasteiger partial charge in [-0.05, 0) is 0 Å². The second kappa shape index (κ2) is 5.12. The average molecular weight is 223 g/mol. The summed E-state index contributed by atoms with van der Waals surface area (Å²) in [5, 5.41) is 0.606. The monoisotopic (exact) mass is 222 g/mol. The van der Waals surface area contributed by atoms with E-state index >= 15 is 0 Å². The van der Waals surface area contributed by atoms with Gasteiger partial charge in [0.25, 0.3) is 0 Å². The molecule has 5 heteroatoms. The van der Waals surface area contributed by atoms with Gasteiger partial charge in [0.1, 0.15) is 0 Å². The van der Waals surface area contributed by atoms with E-state index in [9.17, 15) is 9.59 Å². The Morgan fingerprint density at radius 3 is 2.45 bits per heavy atom. The smallest absolute Gasteiger partial charge is 0.237 e. The molecule has 0 atom stereocenters. The first-order chi connectivity index (χ1) is 5.07. The van der Waals surface area contributed by atoms with Gasteiger partial charge >= 0.3 is 0 Å². The standard InChI is InChI=1S/C6H11BrN2O2/c1-9(4-5(8)10)6(11)2-3-7/h2-4H2,1H3,(H2,8,10). The average Bonchev–Trinajstić information content (AvgIpc) is 1.86. The number of rotatable bonds is 4. The maximum absolute atomic E-state index is 11.0. The molecular weight excluding hydrogens is 212 g/mol. The van der Waals surface area contributed by atoms with Crippen LogP contribution in [0.5, 0.6) is 0 Å². The normalized spacial score (nSPS) is 9.27. The van der Waals surface area contributed by atoms with E-state index in [2.05, 4.69) is 15.9 Å². The predicted molar refractivity (Wildman–Crippen MR) is 45.2 cm³/mol. The number of amides is 2. The van der Waals surface area contributed by atoms with E-state index in [1.54, 1.807) is 7.05 Å². The second-order valence-electron chi connectivity index (χ2n) is 2.16. The Morgan fingerprint density at radius 2 is 2.09 bits per heavy atom. The highest BCUT2D eigenvalue weighted by Gasteiger charge is 2.08. The van der Waals surface area contributed by atoms with Crippen molar-refractivity contribution in [2.75, 3.05) is 18.9 Å². The van der Waals surface area contributed by atoms with E-state index in [1.165, 1.54) is 4.90 Å². The number of likely N-dealkylation sites (N-methyl/N-ethyl adjacent to an activating group) is 1. The molecule has 0 aliphatic carbocycles. The minimum atomic E-state index is -0.490. The fraction of sp³-hybridized carbons (Fsp3) is 0.667. The zero-order valence-electron chi connectivity index (χ0n) is 6.34. The molecule has 0 rings (SSSR count). The fourth-order valence-electron chi connectivity index (χ4n) is 0.594. The van der Waals surface area contributed by atoms with Crippen LogP contribution >= 0.6 is 15.9 Å². The van der Waals surface area contributed by atoms with E-state index in [-0.39, 0.29) is 12.5 Å². The van der Waals surface area contributed by atoms with E-state index in [0.29, 0.717) is 11.8 Å². The lowest BCUT2D eigenvalue weighted by Crippen LogP contribution is -2.35. The maximum Gasteiger partial charge on any atom is 0.237 e. The molecule has 0 fully saturated rings. The summed E-state index contributed by atoms with van der Waals surface area (Å²) in [6, 6.07) is 0. The second-order valence-corrected chi connectivity index (χ2v) is 2.95. The van der Waals surface area contributed by atoms with Gasteiger partial charge in [-0.2, -0.15) is 0 Å². The molecule has 0 heterocycles. The summed E-state index contributed by atoms with van der Waals surface area (Å²) in [6.07, 6.45) is 0.393. The van der Waals surface area contributed by atoms with Crippen LogP contribution in [-0.4, -0.2) is 35.6 Å². The molecule has 2 amide bonds. The number of alkyl halides is 1. The van der Waals surface area contributed by atoms with Gasteiger partial charge in [0.2, 0.25) is 11.8 Å². The molecule has 4 nitrogen and oxygen atoms in total. The summed E-state index contributed by atoms with van der Waals surface area (Å²) in [6.45, 7) is -0.00810. The molecule has 0 aliphatic heterocycles. The Kier molecular flexibility index (Phi) is 4.85. The third kappa shape index (κ3) is 4.78. The molecule has 0 unspecified atom stereocenters. The quantitative estimate of drug-likeness (QED) is 0.666. The molecule has 0 radical (unpaired) electrons. The van der Waals surface area contributed by atoms with E-state index in [1.807, 2.05) is 0 Å². The SMILES string of the molecule is CN(CC(N)=O)C(=O)CCBr. The van der Waals surface area contributed by atoms with Crippen LogP contribution in [0.25, 0.3) is 0 Å². The Morgan fingerprint density at radius 1 is 1.55 bits per heavy atom. The Hall–Kier alpha value is -0.580. The Bertz CT molecular complexity index is 161. The lowest BCUT2D eigenvalue weighted by Gasteiger charge is -2.13. The number of hydrogen-bond acceptors (Lipinski definition) is 2. The molecule has 2 N–H and O–H groups in total. The number of nitrogens with two attached hydrogens (primary N) is 1. The Labute approximate surface area is 73.9 Å². The van der Waals surface area contributed by atoms with Gasteiger partial charge in [0.15, 0.2) is 0 Å². The van der Waals surface area contributed by atoms with Gasteiger partial charge in [-0.1, -0.05) is 15.9 Å². The largest absolute Gasteiger partial charge is 0.368 e. The Balaban J connectivity index is 3.73. The van der Waals surface area contributed by atoms with E-state index in [0.717, 1.165) is 0 Å². The molecule has 11 heavy (non-hydrogen) atoms. The third-order valence-corrected chi connectivity index (χ3v) is 1.52. The number of carbonyl (C=O) groups is 2. The van der Waals surface area contributed by atoms with Crippen LogP contribution in [0.4, 0.5) is 0 Å². The van der Waals surface area contributed by atoms with Crippen molar-refractivity contribution in [1.82, 2.24) is 4.90 Å². The van der Waals surface area contributed by atoms with Crippen LogP contribution in [-0.2, 0) is 9.59 Å². The minimum absolute atomic E-state index is 0.00810. The van der Waals surface area contributed by atoms with Gasteiger partial charge < -0.3 is 10.6 Å². The van der Waals surface area contributed by atoms with Crippen molar-refractivity contribution in [2.45, 2.75) is 6.42 Å². The number of primary amides is 1. The van der Waals surface area contributed by atoms with Crippen LogP contribution in [0.15, 0.2) is 0 Å². The first kappa shape index (κ1) is 10.4. The highest BCUT2D eigenvalue weighted by Crippen LogP contribution is 1.93. The topological polar surface area (TPSA) is 63.4 Å². The van der Waals surface area contributed by atoms with Gasteiger partial charge in [-0.15, -0.1) is 0 Å². The summed E-state index contributed by atoms with van der Waals surface area (Å²) in [4.78, 5) is 22.6. The van der Waals surface area contributed by atoms with Crippen molar-refractivity contribution >= 4 is 27.7 Å². The van der Waals surface area contributed by atoms with Gasteiger partial charge in [-0.3, -0.25) is 9.59 Å². The van der Waals surface area contributed by atoms with Crippen LogP contribution in [0.3, 0.4) is 0 Å². The summed E-state index contributed by atoms with van der Waals surface area (Å²) in [7, 11) is 1.55. The first-order valence-corrected chi connectivity index (χ1v) is 4.28. The van der Waals surface area contributed by atoms with Crippen molar-refractivity contribution in [3.05, 3.63) is 0 Å². The summed E-state index contributed by atoms with van der Waals surface area (Å²) >= 11 is 3.12. The van der Waals surface area contributed by atoms with Gasteiger partial charge in [0.05, 0.1) is 6.54 Å². The van der Waals surface area contributed by atoms with Crippen molar-refractivity contribution < 1.29 is 9.59 Å². The zero-order valence-corrected chi connectivity index (χ0v) is 7.93. The van der Waals surface area contributed by atoms with Crippen LogP contribution < -0.4 is 5.73 Å². The highest BCUT2D eigenvalue weighted by molar-refractivity contribution is 9.09. The van der Waals surface area contributed by atoms with Crippen molar-refractivity contribution in [3.63, 3.8) is 0 Å². The van der Waals surface area contributed by atoms with Crippen LogP contribution in [0, 0.1) is 0 Å². The molecule has 0 bridgehead atoms. The number of carbonyl (C=O) groups excluding carboxylic acids is 2. The van der Waals surface area contributed by atoms with E-state index < -0.39 is 5.91 Å². The van der Waals surface area contributed by atoms with Crippen molar-refractivity contribution in [1.29, 1.82) is 0 Å². The van der Waals surface area contributed by atoms with Crippen LogP contribution in [0.2, 0.25) is 0 Å². The van der Waals surface area contributed by atoms with Crippen molar-refractivity contribution in [2.24, 2.45) is 5.73 Å². The minimum Gasteiger partial charge on any atom is -0.368 e. The predicted octanol–water partition coefficient (Wildman–Crippen LogP) is -0.285. The molecule has 0 saturated heterocycles. The lowest BCUT2D eigenvalue weighted by molar-refractivity contribution is -0.133. The molecule has 0 aromatic carbocycles. The zero-order chi connectivity index (χ0) is 8.85. The summed E-state index contributed by atoms with van der Waals surface area (Å²) < 4.78 is 0. The number of hydrogen-bond donors (Lipinski definition) is 1. The molecule has 0 aromatic heterocycles. The molecular formula is C6H11BrN2O2. The highest BCUT2D eigenvalue weighted by atomic mass is 79.9. The summed E-state index contributed by atoms with van der Waals surface area (Å²) in [5.41, 5.74) is 4.88. The number of nitrogens with zero attached hydrogens (tertiary/aromatic N) is 1. The van der Waals surface area contributed by atoms with Crippen molar-refractivity contribution in [3.8, 4) is 0 Å². The summed E-state index contributed by atoms with van der Waals surface area (Å²) in [5.74, 6) is -0.573. The maximum atomic E-state index is 11.0. The lowest BCUT2D eigenvalue weighted by atomic mass is 10.4. The molecule has 0 aliphatic rings. The third-order valence-electron chi connectivity index (χ3n) is 1.13. The fourth-order valence-corrected chi connectivity index (χ4v) is 0.933. The molecule has 64 valence electrons. The molecule has 0 spiro atoms. The van der Waals surface area contributed by atoms with Gasteiger partial charge in [0, 0.05) is 18.8 Å². The van der Waals surface area contributed by atoms with E-state index in [4.69, 9.17) is 5.73 Å². The van der Waals surface area contributed by atoms with Crippen LogP contribution in [0.1, 0.15) is 6.42 Å². The number of halogens is 1. The molecule has 0 saturated carbocycles. The first-order valence-electron chi connectivity index (χ1n) is 3.16. The molecule has 0 aromatic rings.